The van der Waals surface area contributed by atoms with Crippen molar-refractivity contribution in [1.29, 1.82) is 0 Å². The van der Waals surface area contributed by atoms with E-state index in [-0.39, 0.29) is 11.5 Å². The zero-order valence-electron chi connectivity index (χ0n) is 9.84. The Morgan fingerprint density at radius 3 is 2.79 bits per heavy atom. The minimum Gasteiger partial charge on any atom is -0.306 e. The smallest absolute Gasteiger partial charge is 0.306 e. The van der Waals surface area contributed by atoms with Crippen LogP contribution in [0.2, 0.25) is 0 Å². The number of carbonyl (C=O) groups is 1. The van der Waals surface area contributed by atoms with Crippen LogP contribution in [0, 0.1) is 0 Å². The van der Waals surface area contributed by atoms with E-state index in [1.165, 1.54) is 6.08 Å². The second-order valence-corrected chi connectivity index (χ2v) is 5.03. The van der Waals surface area contributed by atoms with E-state index in [9.17, 15) is 9.59 Å². The van der Waals surface area contributed by atoms with Crippen molar-refractivity contribution in [2.45, 2.75) is 0 Å². The number of hydrogen-bond acceptors (Lipinski definition) is 3. The van der Waals surface area contributed by atoms with Crippen LogP contribution in [0.15, 0.2) is 46.6 Å². The van der Waals surface area contributed by atoms with Gasteiger partial charge in [0, 0.05) is 10.4 Å². The van der Waals surface area contributed by atoms with E-state index in [2.05, 4.69) is 9.97 Å². The summed E-state index contributed by atoms with van der Waals surface area (Å²) in [5.41, 5.74) is 1.62. The second kappa shape index (κ2) is 4.70. The topological polar surface area (TPSA) is 65.7 Å². The molecule has 0 aliphatic rings. The third-order valence-corrected chi connectivity index (χ3v) is 3.58. The molecule has 0 fully saturated rings. The fourth-order valence-corrected chi connectivity index (χ4v) is 2.44. The summed E-state index contributed by atoms with van der Waals surface area (Å²) >= 11 is 1.57. The van der Waals surface area contributed by atoms with Crippen molar-refractivity contribution in [1.82, 2.24) is 9.97 Å². The molecule has 19 heavy (non-hydrogen) atoms. The molecule has 2 aromatic heterocycles. The third-order valence-electron chi connectivity index (χ3n) is 2.74. The molecule has 1 aromatic carbocycles. The molecule has 4 nitrogen and oxygen atoms in total. The monoisotopic (exact) mass is 270 g/mol. The van der Waals surface area contributed by atoms with E-state index in [0.717, 1.165) is 4.88 Å². The molecule has 0 saturated carbocycles. The summed E-state index contributed by atoms with van der Waals surface area (Å²) in [5.74, 6) is -0.0858. The van der Waals surface area contributed by atoms with Crippen LogP contribution in [0.1, 0.15) is 15.2 Å². The number of imidazole rings is 1. The quantitative estimate of drug-likeness (QED) is 0.567. The van der Waals surface area contributed by atoms with Gasteiger partial charge in [0.25, 0.3) is 0 Å². The van der Waals surface area contributed by atoms with Crippen LogP contribution in [0.5, 0.6) is 0 Å². The summed E-state index contributed by atoms with van der Waals surface area (Å²) in [6, 6.07) is 8.98. The molecule has 0 saturated heterocycles. The van der Waals surface area contributed by atoms with Gasteiger partial charge in [-0.1, -0.05) is 6.07 Å². The van der Waals surface area contributed by atoms with Gasteiger partial charge in [0.2, 0.25) is 0 Å². The summed E-state index contributed by atoms with van der Waals surface area (Å²) in [6.07, 6.45) is 3.33. The van der Waals surface area contributed by atoms with E-state index in [1.807, 2.05) is 17.5 Å². The lowest BCUT2D eigenvalue weighted by Gasteiger charge is -1.95. The van der Waals surface area contributed by atoms with Gasteiger partial charge in [-0.05, 0) is 41.8 Å². The first-order valence-electron chi connectivity index (χ1n) is 5.70. The van der Waals surface area contributed by atoms with E-state index < -0.39 is 0 Å². The van der Waals surface area contributed by atoms with E-state index in [4.69, 9.17) is 0 Å². The highest BCUT2D eigenvalue weighted by Crippen LogP contribution is 2.14. The largest absolute Gasteiger partial charge is 0.323 e. The molecular weight excluding hydrogens is 260 g/mol. The number of fused-ring (bicyclic) bond motifs is 1. The van der Waals surface area contributed by atoms with Crippen LogP contribution in [0.25, 0.3) is 17.1 Å². The van der Waals surface area contributed by atoms with Gasteiger partial charge in [-0.2, -0.15) is 0 Å². The Labute approximate surface area is 112 Å². The number of thiophene rings is 1. The van der Waals surface area contributed by atoms with Gasteiger partial charge in [-0.15, -0.1) is 11.3 Å². The van der Waals surface area contributed by atoms with Gasteiger partial charge in [0.05, 0.1) is 11.0 Å². The lowest BCUT2D eigenvalue weighted by Crippen LogP contribution is -1.99. The first kappa shape index (κ1) is 11.7. The number of rotatable bonds is 3. The average molecular weight is 270 g/mol. The maximum absolute atomic E-state index is 12.0. The Morgan fingerprint density at radius 2 is 2.00 bits per heavy atom. The van der Waals surface area contributed by atoms with E-state index >= 15 is 0 Å². The Bertz CT molecular complexity index is 809. The minimum absolute atomic E-state index is 0.0858. The normalized spacial score (nSPS) is 11.4. The predicted molar refractivity (Wildman–Crippen MR) is 76.6 cm³/mol. The molecule has 3 rings (SSSR count). The Morgan fingerprint density at radius 1 is 1.16 bits per heavy atom. The summed E-state index contributed by atoms with van der Waals surface area (Å²) < 4.78 is 0. The molecule has 0 atom stereocenters. The highest BCUT2D eigenvalue weighted by Gasteiger charge is 2.05. The Kier molecular flexibility index (Phi) is 2.89. The first-order valence-corrected chi connectivity index (χ1v) is 6.58. The van der Waals surface area contributed by atoms with E-state index in [1.54, 1.807) is 35.6 Å². The lowest BCUT2D eigenvalue weighted by atomic mass is 10.1. The predicted octanol–water partition coefficient (Wildman–Crippen LogP) is 2.81. The van der Waals surface area contributed by atoms with Crippen molar-refractivity contribution in [3.63, 3.8) is 0 Å². The van der Waals surface area contributed by atoms with Gasteiger partial charge < -0.3 is 9.97 Å². The number of hydrogen-bond donors (Lipinski definition) is 2. The molecule has 2 N–H and O–H groups in total. The summed E-state index contributed by atoms with van der Waals surface area (Å²) in [6.45, 7) is 0. The molecular formula is C14H10N2O2S. The Hall–Kier alpha value is -2.40. The van der Waals surface area contributed by atoms with Crippen LogP contribution < -0.4 is 5.69 Å². The standard InChI is InChI=1S/C14H10N2O2S/c17-13(6-4-10-2-1-7-19-10)9-3-5-11-12(8-9)16-14(18)15-11/h1-8H,(H2,15,16,18)/b6-4+. The molecule has 0 aliphatic carbocycles. The third kappa shape index (κ3) is 2.41. The number of H-pyrrole nitrogens is 2. The average Bonchev–Trinajstić information content (AvgIpc) is 3.02. The fraction of sp³-hybridized carbons (Fsp3) is 0. The van der Waals surface area contributed by atoms with Gasteiger partial charge in [-0.3, -0.25) is 4.79 Å². The number of aromatic amines is 2. The maximum atomic E-state index is 12.0. The number of ketones is 1. The molecule has 3 aromatic rings. The fourth-order valence-electron chi connectivity index (χ4n) is 1.83. The van der Waals surface area contributed by atoms with Crippen LogP contribution in [0.3, 0.4) is 0 Å². The molecule has 2 heterocycles. The van der Waals surface area contributed by atoms with Crippen LogP contribution in [-0.2, 0) is 0 Å². The molecule has 0 amide bonds. The zero-order valence-corrected chi connectivity index (χ0v) is 10.7. The minimum atomic E-state index is -0.270. The molecule has 0 spiro atoms. The highest BCUT2D eigenvalue weighted by molar-refractivity contribution is 7.10. The van der Waals surface area contributed by atoms with Crippen LogP contribution in [0.4, 0.5) is 0 Å². The van der Waals surface area contributed by atoms with Crippen LogP contribution >= 0.6 is 11.3 Å². The summed E-state index contributed by atoms with van der Waals surface area (Å²) in [4.78, 5) is 29.5. The Balaban J connectivity index is 1.91. The SMILES string of the molecule is O=C(/C=C/c1cccs1)c1ccc2[nH]c(=O)[nH]c2c1. The molecule has 0 aliphatic heterocycles. The lowest BCUT2D eigenvalue weighted by molar-refractivity contribution is 0.104. The number of benzene rings is 1. The number of nitrogens with one attached hydrogen (secondary N) is 2. The second-order valence-electron chi connectivity index (χ2n) is 4.05. The summed E-state index contributed by atoms with van der Waals surface area (Å²) in [5, 5.41) is 1.96. The van der Waals surface area contributed by atoms with E-state index in [0.29, 0.717) is 16.6 Å². The zero-order chi connectivity index (χ0) is 13.2. The highest BCUT2D eigenvalue weighted by atomic mass is 32.1. The molecule has 0 unspecified atom stereocenters. The van der Waals surface area contributed by atoms with Gasteiger partial charge in [0.15, 0.2) is 5.78 Å². The summed E-state index contributed by atoms with van der Waals surface area (Å²) in [7, 11) is 0. The van der Waals surface area contributed by atoms with Crippen molar-refractivity contribution in [2.24, 2.45) is 0 Å². The van der Waals surface area contributed by atoms with Crippen molar-refractivity contribution < 1.29 is 4.79 Å². The number of carbonyl (C=O) groups excluding carboxylic acids is 1. The van der Waals surface area contributed by atoms with Gasteiger partial charge in [-0.25, -0.2) is 4.79 Å². The van der Waals surface area contributed by atoms with Gasteiger partial charge in [0.1, 0.15) is 0 Å². The maximum Gasteiger partial charge on any atom is 0.323 e. The van der Waals surface area contributed by atoms with Crippen molar-refractivity contribution in [3.05, 3.63) is 62.7 Å². The molecule has 5 heteroatoms. The number of aromatic nitrogens is 2. The molecule has 0 radical (unpaired) electrons. The number of allylic oxidation sites excluding steroid dienone is 1. The first-order chi connectivity index (χ1) is 9.22. The van der Waals surface area contributed by atoms with Crippen molar-refractivity contribution >= 4 is 34.2 Å². The van der Waals surface area contributed by atoms with Crippen molar-refractivity contribution in [2.75, 3.05) is 0 Å². The molecule has 0 bridgehead atoms. The van der Waals surface area contributed by atoms with Gasteiger partial charge >= 0.3 is 5.69 Å². The van der Waals surface area contributed by atoms with Crippen molar-refractivity contribution in [3.8, 4) is 0 Å². The van der Waals surface area contributed by atoms with Crippen LogP contribution in [-0.4, -0.2) is 15.8 Å². The molecule has 94 valence electrons.